The monoisotopic (exact) mass is 364 g/mol. The van der Waals surface area contributed by atoms with Crippen LogP contribution in [0.25, 0.3) is 10.9 Å². The molecule has 2 N–H and O–H groups in total. The average Bonchev–Trinajstić information content (AvgIpc) is 3.39. The van der Waals surface area contributed by atoms with Gasteiger partial charge in [0.15, 0.2) is 5.82 Å². The fourth-order valence-corrected chi connectivity index (χ4v) is 3.77. The van der Waals surface area contributed by atoms with Gasteiger partial charge in [0.05, 0.1) is 23.0 Å². The normalized spacial score (nSPS) is 22.5. The van der Waals surface area contributed by atoms with Crippen molar-refractivity contribution in [1.29, 1.82) is 0 Å². The predicted octanol–water partition coefficient (Wildman–Crippen LogP) is 2.27. The summed E-state index contributed by atoms with van der Waals surface area (Å²) in [7, 11) is 0. The number of pyridine rings is 1. The van der Waals surface area contributed by atoms with Gasteiger partial charge in [-0.2, -0.15) is 0 Å². The smallest absolute Gasteiger partial charge is 0.341 e. The lowest BCUT2D eigenvalue weighted by atomic mass is 9.95. The molecule has 1 saturated carbocycles. The van der Waals surface area contributed by atoms with E-state index in [4.69, 9.17) is 0 Å². The van der Waals surface area contributed by atoms with Crippen LogP contribution in [0, 0.1) is 11.6 Å². The third-order valence-electron chi connectivity index (χ3n) is 5.29. The summed E-state index contributed by atoms with van der Waals surface area (Å²) in [5.74, 6) is -3.23. The minimum atomic E-state index is -1.42. The number of fused-ring (bicyclic) bond motifs is 1. The van der Waals surface area contributed by atoms with Gasteiger partial charge < -0.3 is 19.7 Å². The maximum atomic E-state index is 15.3. The molecule has 2 aliphatic rings. The Labute approximate surface area is 147 Å². The number of hydrogen-bond acceptors (Lipinski definition) is 4. The molecule has 0 spiro atoms. The molecule has 4 rings (SSSR count). The van der Waals surface area contributed by atoms with E-state index in [9.17, 15) is 24.2 Å². The van der Waals surface area contributed by atoms with E-state index in [-0.39, 0.29) is 29.2 Å². The highest BCUT2D eigenvalue weighted by atomic mass is 19.1. The van der Waals surface area contributed by atoms with Gasteiger partial charge in [-0.25, -0.2) is 13.6 Å². The van der Waals surface area contributed by atoms with Gasteiger partial charge in [0, 0.05) is 18.8 Å². The number of benzene rings is 1. The summed E-state index contributed by atoms with van der Waals surface area (Å²) in [6.07, 6.45) is 2.49. The molecule has 1 aromatic heterocycles. The van der Waals surface area contributed by atoms with E-state index in [0.717, 1.165) is 25.1 Å². The molecule has 1 saturated heterocycles. The zero-order valence-corrected chi connectivity index (χ0v) is 14.1. The van der Waals surface area contributed by atoms with Crippen LogP contribution in [0.1, 0.15) is 42.6 Å². The number of hydrogen-bond donors (Lipinski definition) is 2. The molecule has 1 aliphatic heterocycles. The predicted molar refractivity (Wildman–Crippen MR) is 90.8 cm³/mol. The average molecular weight is 364 g/mol. The molecule has 2 atom stereocenters. The van der Waals surface area contributed by atoms with E-state index in [2.05, 4.69) is 0 Å². The summed E-state index contributed by atoms with van der Waals surface area (Å²) in [6.45, 7) is 1.93. The van der Waals surface area contributed by atoms with Crippen LogP contribution in [0.2, 0.25) is 0 Å². The first-order valence-corrected chi connectivity index (χ1v) is 8.60. The van der Waals surface area contributed by atoms with E-state index in [0.29, 0.717) is 6.42 Å². The Morgan fingerprint density at radius 2 is 2.04 bits per heavy atom. The molecular weight excluding hydrogens is 346 g/mol. The number of nitrogens with zero attached hydrogens (tertiary/aromatic N) is 2. The van der Waals surface area contributed by atoms with Crippen molar-refractivity contribution in [2.75, 3.05) is 11.4 Å². The molecule has 2 fully saturated rings. The third-order valence-corrected chi connectivity index (χ3v) is 5.29. The Hall–Kier alpha value is -2.48. The molecule has 0 bridgehead atoms. The second-order valence-electron chi connectivity index (χ2n) is 6.93. The van der Waals surface area contributed by atoms with Crippen molar-refractivity contribution in [2.24, 2.45) is 0 Å². The highest BCUT2D eigenvalue weighted by Crippen LogP contribution is 2.41. The van der Waals surface area contributed by atoms with Crippen LogP contribution in [-0.2, 0) is 0 Å². The molecule has 8 heteroatoms. The maximum absolute atomic E-state index is 15.3. The zero-order chi connectivity index (χ0) is 18.7. The maximum Gasteiger partial charge on any atom is 0.341 e. The van der Waals surface area contributed by atoms with E-state index in [1.807, 2.05) is 6.92 Å². The number of carboxylic acids is 1. The lowest BCUT2D eigenvalue weighted by Gasteiger charge is -2.47. The van der Waals surface area contributed by atoms with Gasteiger partial charge in [0.2, 0.25) is 5.43 Å². The molecular formula is C18H18F2N2O4. The van der Waals surface area contributed by atoms with Gasteiger partial charge in [-0.05, 0) is 25.3 Å². The number of aromatic carboxylic acids is 1. The second-order valence-corrected chi connectivity index (χ2v) is 6.93. The van der Waals surface area contributed by atoms with Crippen LogP contribution in [-0.4, -0.2) is 39.4 Å². The first-order valence-electron chi connectivity index (χ1n) is 8.60. The molecule has 1 aromatic carbocycles. The number of aliphatic hydroxyl groups excluding tert-OH is 1. The van der Waals surface area contributed by atoms with Crippen LogP contribution in [0.15, 0.2) is 17.1 Å². The molecule has 6 nitrogen and oxygen atoms in total. The SMILES string of the molecule is CC[C@@H]1[C@@H](O)CN1c1c(F)cc2c(=O)c(C(=O)O)cn(C3CC3)c2c1F. The van der Waals surface area contributed by atoms with Crippen molar-refractivity contribution in [3.8, 4) is 0 Å². The standard InChI is InChI=1S/C18H18F2N2O4/c1-2-12-13(23)7-22(12)16-11(19)5-9-15(14(16)20)21(8-3-4-8)6-10(17(9)24)18(25)26/h5-6,8,12-13,23H,2-4,7H2,1H3,(H,25,26)/t12-,13+/m1/s1. The first-order chi connectivity index (χ1) is 12.3. The van der Waals surface area contributed by atoms with Crippen LogP contribution in [0.3, 0.4) is 0 Å². The number of aromatic nitrogens is 1. The number of anilines is 1. The summed E-state index contributed by atoms with van der Waals surface area (Å²) in [5.41, 5.74) is -1.74. The Kier molecular flexibility index (Phi) is 3.76. The Bertz CT molecular complexity index is 984. The summed E-state index contributed by atoms with van der Waals surface area (Å²) in [5, 5.41) is 18.8. The van der Waals surface area contributed by atoms with Gasteiger partial charge in [-0.1, -0.05) is 6.92 Å². The summed E-state index contributed by atoms with van der Waals surface area (Å²) in [4.78, 5) is 25.2. The largest absolute Gasteiger partial charge is 0.477 e. The fraction of sp³-hybridized carbons (Fsp3) is 0.444. The van der Waals surface area contributed by atoms with Crippen molar-refractivity contribution in [3.05, 3.63) is 39.7 Å². The molecule has 2 heterocycles. The van der Waals surface area contributed by atoms with E-state index in [1.54, 1.807) is 0 Å². The van der Waals surface area contributed by atoms with Crippen molar-refractivity contribution in [1.82, 2.24) is 4.57 Å². The summed E-state index contributed by atoms with van der Waals surface area (Å²) >= 11 is 0. The van der Waals surface area contributed by atoms with Gasteiger partial charge in [-0.15, -0.1) is 0 Å². The molecule has 0 unspecified atom stereocenters. The number of halogens is 2. The highest BCUT2D eigenvalue weighted by Gasteiger charge is 2.40. The molecule has 0 radical (unpaired) electrons. The van der Waals surface area contributed by atoms with E-state index in [1.165, 1.54) is 9.47 Å². The minimum absolute atomic E-state index is 0.0739. The fourth-order valence-electron chi connectivity index (χ4n) is 3.77. The van der Waals surface area contributed by atoms with E-state index >= 15 is 4.39 Å². The number of aliphatic hydroxyl groups is 1. The molecule has 0 amide bonds. The quantitative estimate of drug-likeness (QED) is 0.870. The van der Waals surface area contributed by atoms with Gasteiger partial charge in [0.1, 0.15) is 17.1 Å². The van der Waals surface area contributed by atoms with E-state index < -0.39 is 40.7 Å². The van der Waals surface area contributed by atoms with Crippen LogP contribution < -0.4 is 10.3 Å². The van der Waals surface area contributed by atoms with Gasteiger partial charge in [0.25, 0.3) is 0 Å². The Balaban J connectivity index is 2.01. The number of rotatable bonds is 4. The lowest BCUT2D eigenvalue weighted by molar-refractivity contribution is 0.0694. The van der Waals surface area contributed by atoms with Crippen molar-refractivity contribution in [3.63, 3.8) is 0 Å². The summed E-state index contributed by atoms with van der Waals surface area (Å²) < 4.78 is 31.5. The molecule has 138 valence electrons. The number of carbonyl (C=O) groups is 1. The van der Waals surface area contributed by atoms with Gasteiger partial charge in [-0.3, -0.25) is 4.79 Å². The second kappa shape index (κ2) is 5.77. The molecule has 2 aromatic rings. The topological polar surface area (TPSA) is 82.8 Å². The highest BCUT2D eigenvalue weighted by molar-refractivity contribution is 5.94. The van der Waals surface area contributed by atoms with Crippen LogP contribution >= 0.6 is 0 Å². The van der Waals surface area contributed by atoms with Gasteiger partial charge >= 0.3 is 5.97 Å². The first kappa shape index (κ1) is 17.0. The molecule has 1 aliphatic carbocycles. The minimum Gasteiger partial charge on any atom is -0.477 e. The van der Waals surface area contributed by atoms with Crippen LogP contribution in [0.4, 0.5) is 14.5 Å². The molecule has 26 heavy (non-hydrogen) atoms. The zero-order valence-electron chi connectivity index (χ0n) is 14.1. The summed E-state index contributed by atoms with van der Waals surface area (Å²) in [6, 6.07) is 0.419. The number of carboxylic acid groups (broad SMARTS) is 1. The third kappa shape index (κ3) is 2.32. The Morgan fingerprint density at radius 1 is 1.35 bits per heavy atom. The van der Waals surface area contributed by atoms with Crippen LogP contribution in [0.5, 0.6) is 0 Å². The lowest BCUT2D eigenvalue weighted by Crippen LogP contribution is -2.60. The van der Waals surface area contributed by atoms with Crippen molar-refractivity contribution < 1.29 is 23.8 Å². The number of β-amino-alcohol motifs (C(OH)–C–C–N with tert-alkyl or cyclic N) is 1. The Morgan fingerprint density at radius 3 is 2.58 bits per heavy atom. The van der Waals surface area contributed by atoms with Crippen molar-refractivity contribution >= 4 is 22.6 Å². The van der Waals surface area contributed by atoms with Crippen molar-refractivity contribution in [2.45, 2.75) is 44.4 Å².